The fourth-order valence-corrected chi connectivity index (χ4v) is 2.41. The zero-order valence-electron chi connectivity index (χ0n) is 16.8. The summed E-state index contributed by atoms with van der Waals surface area (Å²) in [7, 11) is 5.62. The average molecular weight is 501 g/mol. The highest BCUT2D eigenvalue weighted by Gasteiger charge is 2.12. The minimum atomic E-state index is -0.356. The van der Waals surface area contributed by atoms with E-state index in [0.717, 1.165) is 17.9 Å². The molecular formula is C20H29FIN5O. The fourth-order valence-electron chi connectivity index (χ4n) is 2.41. The Labute approximate surface area is 183 Å². The molecule has 0 spiro atoms. The van der Waals surface area contributed by atoms with Gasteiger partial charge in [-0.05, 0) is 30.7 Å². The highest BCUT2D eigenvalue weighted by Crippen LogP contribution is 2.17. The number of pyridine rings is 1. The predicted molar refractivity (Wildman–Crippen MR) is 123 cm³/mol. The molecule has 154 valence electrons. The Morgan fingerprint density at radius 1 is 1.18 bits per heavy atom. The van der Waals surface area contributed by atoms with Crippen molar-refractivity contribution in [2.45, 2.75) is 26.0 Å². The van der Waals surface area contributed by atoms with E-state index in [0.29, 0.717) is 19.0 Å². The molecular weight excluding hydrogens is 472 g/mol. The molecule has 0 aliphatic heterocycles. The monoisotopic (exact) mass is 501 g/mol. The van der Waals surface area contributed by atoms with Crippen molar-refractivity contribution in [1.82, 2.24) is 15.6 Å². The van der Waals surface area contributed by atoms with E-state index in [2.05, 4.69) is 20.6 Å². The van der Waals surface area contributed by atoms with Crippen molar-refractivity contribution in [1.29, 1.82) is 0 Å². The minimum absolute atomic E-state index is 0. The number of anilines is 1. The lowest BCUT2D eigenvalue weighted by Gasteiger charge is -2.20. The first-order valence-electron chi connectivity index (χ1n) is 9.02. The molecule has 2 aromatic rings. The largest absolute Gasteiger partial charge is 0.486 e. The highest BCUT2D eigenvalue weighted by molar-refractivity contribution is 14.0. The number of halogens is 2. The van der Waals surface area contributed by atoms with E-state index in [4.69, 9.17) is 4.74 Å². The van der Waals surface area contributed by atoms with Gasteiger partial charge >= 0.3 is 0 Å². The van der Waals surface area contributed by atoms with Crippen molar-refractivity contribution in [2.75, 3.05) is 32.6 Å². The van der Waals surface area contributed by atoms with Crippen molar-refractivity contribution in [3.63, 3.8) is 0 Å². The summed E-state index contributed by atoms with van der Waals surface area (Å²) < 4.78 is 19.5. The Morgan fingerprint density at radius 2 is 1.93 bits per heavy atom. The van der Waals surface area contributed by atoms with Crippen molar-refractivity contribution in [3.05, 3.63) is 54.0 Å². The van der Waals surface area contributed by atoms with Crippen LogP contribution in [0.15, 0.2) is 47.5 Å². The van der Waals surface area contributed by atoms with E-state index >= 15 is 0 Å². The second-order valence-corrected chi connectivity index (χ2v) is 6.27. The van der Waals surface area contributed by atoms with E-state index in [9.17, 15) is 4.39 Å². The number of aliphatic imine (C=N–C) groups is 1. The molecule has 1 aromatic carbocycles. The molecule has 1 atom stereocenters. The van der Waals surface area contributed by atoms with Gasteiger partial charge in [0.25, 0.3) is 0 Å². The third-order valence-corrected chi connectivity index (χ3v) is 3.99. The molecule has 0 fully saturated rings. The second-order valence-electron chi connectivity index (χ2n) is 6.27. The number of hydrogen-bond donors (Lipinski definition) is 2. The molecule has 1 aromatic heterocycles. The van der Waals surface area contributed by atoms with Gasteiger partial charge in [-0.15, -0.1) is 24.0 Å². The second kappa shape index (κ2) is 12.4. The maximum atomic E-state index is 13.8. The molecule has 0 amide bonds. The molecule has 0 radical (unpaired) electrons. The highest BCUT2D eigenvalue weighted by atomic mass is 127. The van der Waals surface area contributed by atoms with Crippen LogP contribution in [0.25, 0.3) is 0 Å². The van der Waals surface area contributed by atoms with E-state index in [-0.39, 0.29) is 41.6 Å². The van der Waals surface area contributed by atoms with Crippen molar-refractivity contribution >= 4 is 35.8 Å². The van der Waals surface area contributed by atoms with E-state index in [1.54, 1.807) is 25.2 Å². The summed E-state index contributed by atoms with van der Waals surface area (Å²) in [5.74, 6) is 1.45. The van der Waals surface area contributed by atoms with Crippen LogP contribution in [0, 0.1) is 5.82 Å². The maximum absolute atomic E-state index is 13.8. The summed E-state index contributed by atoms with van der Waals surface area (Å²) in [6, 6.07) is 12.3. The standard InChI is InChI=1S/C20H28FN5O.HI/c1-5-16(27-18-11-7-6-10-17(18)21)14-24-20(22-2)23-13-15-9-8-12-19(25-15)26(3)4;/h6-12,16H,5,13-14H2,1-4H3,(H2,22,23,24);1H. The van der Waals surface area contributed by atoms with E-state index in [1.807, 2.05) is 44.1 Å². The summed E-state index contributed by atoms with van der Waals surface area (Å²) in [5, 5.41) is 6.46. The normalized spacial score (nSPS) is 12.0. The maximum Gasteiger partial charge on any atom is 0.191 e. The van der Waals surface area contributed by atoms with Crippen LogP contribution in [0.5, 0.6) is 5.75 Å². The van der Waals surface area contributed by atoms with Crippen LogP contribution in [0.3, 0.4) is 0 Å². The Kier molecular flexibility index (Phi) is 10.6. The number of hydrogen-bond acceptors (Lipinski definition) is 4. The fraction of sp³-hybridized carbons (Fsp3) is 0.400. The van der Waals surface area contributed by atoms with E-state index in [1.165, 1.54) is 6.07 Å². The average Bonchev–Trinajstić information content (AvgIpc) is 2.68. The topological polar surface area (TPSA) is 61.8 Å². The molecule has 2 N–H and O–H groups in total. The molecule has 0 aliphatic rings. The third-order valence-electron chi connectivity index (χ3n) is 3.99. The van der Waals surface area contributed by atoms with Gasteiger partial charge < -0.3 is 20.3 Å². The SMILES string of the molecule is CCC(CNC(=NC)NCc1cccc(N(C)C)n1)Oc1ccccc1F.I. The van der Waals surface area contributed by atoms with Gasteiger partial charge in [0.15, 0.2) is 17.5 Å². The first-order valence-corrected chi connectivity index (χ1v) is 9.02. The van der Waals surface area contributed by atoms with Crippen LogP contribution in [0.1, 0.15) is 19.0 Å². The van der Waals surface area contributed by atoms with Gasteiger partial charge in [-0.3, -0.25) is 4.99 Å². The molecule has 1 unspecified atom stereocenters. The Morgan fingerprint density at radius 3 is 2.57 bits per heavy atom. The van der Waals surface area contributed by atoms with Crippen LogP contribution < -0.4 is 20.3 Å². The number of rotatable bonds is 8. The zero-order valence-corrected chi connectivity index (χ0v) is 19.1. The van der Waals surface area contributed by atoms with Gasteiger partial charge in [-0.1, -0.05) is 25.1 Å². The lowest BCUT2D eigenvalue weighted by Crippen LogP contribution is -2.42. The van der Waals surface area contributed by atoms with Gasteiger partial charge in [0.05, 0.1) is 18.8 Å². The number of ether oxygens (including phenoxy) is 1. The van der Waals surface area contributed by atoms with Gasteiger partial charge in [-0.2, -0.15) is 0 Å². The smallest absolute Gasteiger partial charge is 0.191 e. The predicted octanol–water partition coefficient (Wildman–Crippen LogP) is 3.43. The van der Waals surface area contributed by atoms with Crippen LogP contribution >= 0.6 is 24.0 Å². The molecule has 0 aliphatic carbocycles. The quantitative estimate of drug-likeness (QED) is 0.330. The van der Waals surface area contributed by atoms with Gasteiger partial charge in [-0.25, -0.2) is 9.37 Å². The van der Waals surface area contributed by atoms with Gasteiger partial charge in [0.2, 0.25) is 0 Å². The van der Waals surface area contributed by atoms with Crippen molar-refractivity contribution in [2.24, 2.45) is 4.99 Å². The minimum Gasteiger partial charge on any atom is -0.486 e. The lowest BCUT2D eigenvalue weighted by atomic mass is 10.2. The first kappa shape index (κ1) is 23.9. The Hall–Kier alpha value is -2.10. The first-order chi connectivity index (χ1) is 13.0. The molecule has 1 heterocycles. The van der Waals surface area contributed by atoms with Crippen LogP contribution in [0.2, 0.25) is 0 Å². The molecule has 0 saturated carbocycles. The number of benzene rings is 1. The summed E-state index contributed by atoms with van der Waals surface area (Å²) in [6.07, 6.45) is 0.570. The number of nitrogens with one attached hydrogen (secondary N) is 2. The number of guanidine groups is 1. The number of nitrogens with zero attached hydrogens (tertiary/aromatic N) is 3. The molecule has 2 rings (SSSR count). The zero-order chi connectivity index (χ0) is 19.6. The van der Waals surface area contributed by atoms with E-state index < -0.39 is 0 Å². The molecule has 0 saturated heterocycles. The van der Waals surface area contributed by atoms with Crippen molar-refractivity contribution < 1.29 is 9.13 Å². The number of para-hydroxylation sites is 1. The Bertz CT molecular complexity index is 757. The van der Waals surface area contributed by atoms with Crippen LogP contribution in [-0.2, 0) is 6.54 Å². The molecule has 0 bridgehead atoms. The van der Waals surface area contributed by atoms with Crippen LogP contribution in [0.4, 0.5) is 10.2 Å². The van der Waals surface area contributed by atoms with Crippen molar-refractivity contribution in [3.8, 4) is 5.75 Å². The number of aromatic nitrogens is 1. The summed E-state index contributed by atoms with van der Waals surface area (Å²) >= 11 is 0. The summed E-state index contributed by atoms with van der Waals surface area (Å²) in [5.41, 5.74) is 0.916. The third kappa shape index (κ3) is 7.49. The summed E-state index contributed by atoms with van der Waals surface area (Å²) in [4.78, 5) is 10.7. The van der Waals surface area contributed by atoms with Gasteiger partial charge in [0, 0.05) is 21.1 Å². The lowest BCUT2D eigenvalue weighted by molar-refractivity contribution is 0.191. The molecule has 28 heavy (non-hydrogen) atoms. The summed E-state index contributed by atoms with van der Waals surface area (Å²) in [6.45, 7) is 3.06. The van der Waals surface area contributed by atoms with Crippen LogP contribution in [-0.4, -0.2) is 44.7 Å². The Balaban J connectivity index is 0.00000392. The molecule has 6 nitrogen and oxygen atoms in total. The van der Waals surface area contributed by atoms with Gasteiger partial charge in [0.1, 0.15) is 11.9 Å². The molecule has 8 heteroatoms.